The van der Waals surface area contributed by atoms with Gasteiger partial charge in [-0.05, 0) is 24.5 Å². The van der Waals surface area contributed by atoms with Gasteiger partial charge in [-0.3, -0.25) is 4.79 Å². The lowest BCUT2D eigenvalue weighted by Crippen LogP contribution is -2.33. The van der Waals surface area contributed by atoms with Gasteiger partial charge in [0.2, 0.25) is 17.7 Å². The lowest BCUT2D eigenvalue weighted by molar-refractivity contribution is -0.128. The molecule has 6 nitrogen and oxygen atoms in total. The Morgan fingerprint density at radius 1 is 1.07 bits per heavy atom. The number of ether oxygens (including phenoxy) is 1. The van der Waals surface area contributed by atoms with Crippen LogP contribution in [0.2, 0.25) is 0 Å². The van der Waals surface area contributed by atoms with Crippen molar-refractivity contribution in [3.05, 3.63) is 83.6 Å². The second-order valence-electron chi connectivity index (χ2n) is 7.22. The van der Waals surface area contributed by atoms with Gasteiger partial charge >= 0.3 is 0 Å². The zero-order chi connectivity index (χ0) is 20.1. The van der Waals surface area contributed by atoms with Gasteiger partial charge in [-0.1, -0.05) is 60.2 Å². The van der Waals surface area contributed by atoms with Gasteiger partial charge < -0.3 is 15.0 Å². The monoisotopic (exact) mass is 388 g/mol. The van der Waals surface area contributed by atoms with Crippen LogP contribution >= 0.6 is 0 Å². The number of amides is 1. The molecule has 0 radical (unpaired) electrons. The molecule has 0 saturated carbocycles. The molecule has 0 aliphatic carbocycles. The Labute approximate surface area is 170 Å². The Balaban J connectivity index is 1.34. The summed E-state index contributed by atoms with van der Waals surface area (Å²) in [5, 5.41) is 3.16. The van der Waals surface area contributed by atoms with Gasteiger partial charge in [0.15, 0.2) is 0 Å². The van der Waals surface area contributed by atoms with Crippen molar-refractivity contribution < 1.29 is 9.53 Å². The van der Waals surface area contributed by atoms with Crippen molar-refractivity contribution in [2.24, 2.45) is 0 Å². The molecule has 0 bridgehead atoms. The van der Waals surface area contributed by atoms with E-state index in [4.69, 9.17) is 4.74 Å². The summed E-state index contributed by atoms with van der Waals surface area (Å²) in [6, 6.07) is 19.6. The molecular formula is C23H24N4O2. The van der Waals surface area contributed by atoms with Crippen molar-refractivity contribution in [2.45, 2.75) is 32.5 Å². The molecule has 1 saturated heterocycles. The van der Waals surface area contributed by atoms with E-state index in [0.717, 1.165) is 17.5 Å². The van der Waals surface area contributed by atoms with Crippen molar-refractivity contribution in [2.75, 3.05) is 11.9 Å². The first-order valence-corrected chi connectivity index (χ1v) is 9.78. The Morgan fingerprint density at radius 3 is 2.66 bits per heavy atom. The van der Waals surface area contributed by atoms with Crippen LogP contribution < -0.4 is 10.1 Å². The molecule has 0 spiro atoms. The van der Waals surface area contributed by atoms with Gasteiger partial charge in [-0.15, -0.1) is 0 Å². The Hall–Kier alpha value is -3.41. The molecular weight excluding hydrogens is 364 g/mol. The van der Waals surface area contributed by atoms with Gasteiger partial charge in [0, 0.05) is 25.4 Å². The fourth-order valence-electron chi connectivity index (χ4n) is 3.32. The Kier molecular flexibility index (Phi) is 5.70. The third kappa shape index (κ3) is 4.90. The second-order valence-corrected chi connectivity index (χ2v) is 7.22. The number of benzene rings is 2. The zero-order valence-electron chi connectivity index (χ0n) is 16.4. The quantitative estimate of drug-likeness (QED) is 0.670. The third-order valence-corrected chi connectivity index (χ3v) is 4.95. The van der Waals surface area contributed by atoms with E-state index >= 15 is 0 Å². The lowest BCUT2D eigenvalue weighted by atomic mass is 10.1. The molecule has 1 amide bonds. The van der Waals surface area contributed by atoms with Gasteiger partial charge in [0.1, 0.15) is 12.6 Å². The van der Waals surface area contributed by atoms with Crippen molar-refractivity contribution in [1.82, 2.24) is 14.9 Å². The first kappa shape index (κ1) is 18.9. The number of aryl methyl sites for hydroxylation is 1. The Bertz CT molecular complexity index is 960. The van der Waals surface area contributed by atoms with E-state index in [2.05, 4.69) is 46.5 Å². The van der Waals surface area contributed by atoms with Crippen LogP contribution in [-0.4, -0.2) is 33.4 Å². The van der Waals surface area contributed by atoms with Crippen LogP contribution in [0, 0.1) is 6.92 Å². The topological polar surface area (TPSA) is 67.3 Å². The highest BCUT2D eigenvalue weighted by Gasteiger charge is 2.32. The van der Waals surface area contributed by atoms with Gasteiger partial charge in [-0.2, -0.15) is 4.98 Å². The highest BCUT2D eigenvalue weighted by Crippen LogP contribution is 2.19. The number of carbonyl (C=O) groups excluding carboxylic acids is 1. The molecule has 1 N–H and O–H groups in total. The summed E-state index contributed by atoms with van der Waals surface area (Å²) in [4.78, 5) is 23.3. The fraction of sp³-hybridized carbons (Fsp3) is 0.261. The smallest absolute Gasteiger partial charge is 0.245 e. The molecule has 6 heteroatoms. The summed E-state index contributed by atoms with van der Waals surface area (Å²) < 4.78 is 5.75. The number of carbonyl (C=O) groups is 1. The first-order chi connectivity index (χ1) is 14.2. The van der Waals surface area contributed by atoms with Crippen molar-refractivity contribution in [3.63, 3.8) is 0 Å². The minimum Gasteiger partial charge on any atom is -0.473 e. The normalized spacial score (nSPS) is 16.1. The van der Waals surface area contributed by atoms with Gasteiger partial charge in [-0.25, -0.2) is 4.98 Å². The van der Waals surface area contributed by atoms with Crippen molar-refractivity contribution in [1.29, 1.82) is 0 Å². The van der Waals surface area contributed by atoms with Crippen LogP contribution in [0.4, 0.5) is 5.95 Å². The predicted molar refractivity (Wildman–Crippen MR) is 111 cm³/mol. The summed E-state index contributed by atoms with van der Waals surface area (Å²) >= 11 is 0. The number of aromatic nitrogens is 2. The van der Waals surface area contributed by atoms with Crippen LogP contribution in [0.15, 0.2) is 66.9 Å². The standard InChI is InChI=1S/C23H24N4O2/c1-17-7-9-18(10-8-17)15-27-14-12-20(22(27)28)25-23-24-13-11-21(26-23)29-16-19-5-3-2-4-6-19/h2-11,13,20H,12,14-16H2,1H3,(H,24,25,26). The molecule has 1 aromatic heterocycles. The van der Waals surface area contributed by atoms with Gasteiger partial charge in [0.05, 0.1) is 0 Å². The summed E-state index contributed by atoms with van der Waals surface area (Å²) in [5.41, 5.74) is 3.42. The average molecular weight is 388 g/mol. The molecule has 3 aromatic rings. The highest BCUT2D eigenvalue weighted by molar-refractivity contribution is 5.86. The van der Waals surface area contributed by atoms with E-state index in [-0.39, 0.29) is 11.9 Å². The number of likely N-dealkylation sites (tertiary alicyclic amines) is 1. The summed E-state index contributed by atoms with van der Waals surface area (Å²) in [6.07, 6.45) is 2.36. The molecule has 4 rings (SSSR count). The number of rotatable bonds is 7. The van der Waals surface area contributed by atoms with Crippen LogP contribution in [0.1, 0.15) is 23.1 Å². The van der Waals surface area contributed by atoms with E-state index in [0.29, 0.717) is 31.5 Å². The maximum Gasteiger partial charge on any atom is 0.245 e. The summed E-state index contributed by atoms with van der Waals surface area (Å²) in [7, 11) is 0. The highest BCUT2D eigenvalue weighted by atomic mass is 16.5. The second kappa shape index (κ2) is 8.73. The molecule has 1 unspecified atom stereocenters. The van der Waals surface area contributed by atoms with Gasteiger partial charge in [0.25, 0.3) is 0 Å². The number of hydrogen-bond acceptors (Lipinski definition) is 5. The maximum absolute atomic E-state index is 12.8. The number of nitrogens with one attached hydrogen (secondary N) is 1. The minimum absolute atomic E-state index is 0.0739. The average Bonchev–Trinajstić information content (AvgIpc) is 3.08. The largest absolute Gasteiger partial charge is 0.473 e. The fourth-order valence-corrected chi connectivity index (χ4v) is 3.32. The molecule has 29 heavy (non-hydrogen) atoms. The predicted octanol–water partition coefficient (Wildman–Crippen LogP) is 3.58. The van der Waals surface area contributed by atoms with E-state index in [1.165, 1.54) is 5.56 Å². The summed E-state index contributed by atoms with van der Waals surface area (Å²) in [5.74, 6) is 0.962. The number of anilines is 1. The number of hydrogen-bond donors (Lipinski definition) is 1. The third-order valence-electron chi connectivity index (χ3n) is 4.95. The summed E-state index contributed by atoms with van der Waals surface area (Å²) in [6.45, 7) is 3.83. The van der Waals surface area contributed by atoms with E-state index in [1.807, 2.05) is 35.2 Å². The molecule has 1 aliphatic heterocycles. The molecule has 1 aliphatic rings. The molecule has 2 aromatic carbocycles. The zero-order valence-corrected chi connectivity index (χ0v) is 16.4. The maximum atomic E-state index is 12.8. The van der Waals surface area contributed by atoms with Crippen LogP contribution in [0.25, 0.3) is 0 Å². The molecule has 1 atom stereocenters. The number of nitrogens with zero attached hydrogens (tertiary/aromatic N) is 3. The van der Waals surface area contributed by atoms with Crippen molar-refractivity contribution in [3.8, 4) is 5.88 Å². The van der Waals surface area contributed by atoms with Crippen molar-refractivity contribution >= 4 is 11.9 Å². The Morgan fingerprint density at radius 2 is 1.86 bits per heavy atom. The molecule has 1 fully saturated rings. The molecule has 148 valence electrons. The SMILES string of the molecule is Cc1ccc(CN2CCC(Nc3nccc(OCc4ccccc4)n3)C2=O)cc1. The van der Waals surface area contributed by atoms with Crippen LogP contribution in [0.3, 0.4) is 0 Å². The van der Waals surface area contributed by atoms with E-state index in [9.17, 15) is 4.79 Å². The molecule has 2 heterocycles. The van der Waals surface area contributed by atoms with E-state index < -0.39 is 0 Å². The first-order valence-electron chi connectivity index (χ1n) is 9.78. The minimum atomic E-state index is -0.315. The van der Waals surface area contributed by atoms with Crippen LogP contribution in [-0.2, 0) is 17.9 Å². The van der Waals surface area contributed by atoms with E-state index in [1.54, 1.807) is 12.3 Å². The lowest BCUT2D eigenvalue weighted by Gasteiger charge is -2.17. The van der Waals surface area contributed by atoms with Crippen LogP contribution in [0.5, 0.6) is 5.88 Å².